The Kier molecular flexibility index (Phi) is 4.73. The van der Waals surface area contributed by atoms with Gasteiger partial charge < -0.3 is 15.4 Å². The van der Waals surface area contributed by atoms with E-state index in [9.17, 15) is 4.79 Å². The Labute approximate surface area is 109 Å². The summed E-state index contributed by atoms with van der Waals surface area (Å²) in [7, 11) is 3.43. The second kappa shape index (κ2) is 5.87. The number of likely N-dealkylation sites (N-methyl/N-ethyl adjacent to an activating group) is 1. The van der Waals surface area contributed by atoms with Crippen molar-refractivity contribution in [2.45, 2.75) is 32.9 Å². The van der Waals surface area contributed by atoms with Crippen LogP contribution in [-0.4, -0.2) is 31.0 Å². The number of aryl methyl sites for hydroxylation is 1. The van der Waals surface area contributed by atoms with Crippen LogP contribution >= 0.6 is 0 Å². The van der Waals surface area contributed by atoms with Gasteiger partial charge in [0.15, 0.2) is 6.10 Å². The molecular weight excluding hydrogens is 228 g/mol. The van der Waals surface area contributed by atoms with Crippen LogP contribution in [0, 0.1) is 6.92 Å². The van der Waals surface area contributed by atoms with Crippen LogP contribution in [0.2, 0.25) is 0 Å². The lowest BCUT2D eigenvalue weighted by Gasteiger charge is -2.20. The SMILES string of the molecule is Cc1cc(C(C)N)ccc1OC(C)C(=O)N(C)C. The van der Waals surface area contributed by atoms with E-state index in [0.717, 1.165) is 16.9 Å². The highest BCUT2D eigenvalue weighted by Gasteiger charge is 2.17. The zero-order valence-electron chi connectivity index (χ0n) is 11.7. The number of hydrogen-bond acceptors (Lipinski definition) is 3. The molecule has 0 fully saturated rings. The Morgan fingerprint density at radius 1 is 1.33 bits per heavy atom. The molecule has 0 aliphatic carbocycles. The molecule has 2 atom stereocenters. The molecule has 1 rings (SSSR count). The Morgan fingerprint density at radius 3 is 2.39 bits per heavy atom. The lowest BCUT2D eigenvalue weighted by atomic mass is 10.1. The summed E-state index contributed by atoms with van der Waals surface area (Å²) in [4.78, 5) is 13.2. The van der Waals surface area contributed by atoms with E-state index in [1.54, 1.807) is 21.0 Å². The first-order valence-electron chi connectivity index (χ1n) is 6.07. The summed E-state index contributed by atoms with van der Waals surface area (Å²) in [6.45, 7) is 5.64. The van der Waals surface area contributed by atoms with E-state index in [0.29, 0.717) is 0 Å². The molecule has 0 spiro atoms. The number of rotatable bonds is 4. The molecule has 2 unspecified atom stereocenters. The highest BCUT2D eigenvalue weighted by molar-refractivity contribution is 5.80. The standard InChI is InChI=1S/C14H22N2O2/c1-9-8-12(10(2)15)6-7-13(9)18-11(3)14(17)16(4)5/h6-8,10-11H,15H2,1-5H3. The molecule has 0 bridgehead atoms. The van der Waals surface area contributed by atoms with E-state index in [-0.39, 0.29) is 11.9 Å². The molecule has 0 aromatic heterocycles. The Hall–Kier alpha value is -1.55. The van der Waals surface area contributed by atoms with Crippen molar-refractivity contribution in [1.82, 2.24) is 4.90 Å². The van der Waals surface area contributed by atoms with Gasteiger partial charge in [0.1, 0.15) is 5.75 Å². The van der Waals surface area contributed by atoms with Crippen LogP contribution in [0.1, 0.15) is 31.0 Å². The second-order valence-electron chi connectivity index (χ2n) is 4.81. The van der Waals surface area contributed by atoms with Crippen molar-refractivity contribution in [3.63, 3.8) is 0 Å². The monoisotopic (exact) mass is 250 g/mol. The fourth-order valence-corrected chi connectivity index (χ4v) is 1.69. The predicted octanol–water partition coefficient (Wildman–Crippen LogP) is 1.87. The van der Waals surface area contributed by atoms with Gasteiger partial charge in [0.05, 0.1) is 0 Å². The summed E-state index contributed by atoms with van der Waals surface area (Å²) in [5.41, 5.74) is 7.87. The molecule has 1 amide bonds. The number of carbonyl (C=O) groups excluding carboxylic acids is 1. The van der Waals surface area contributed by atoms with E-state index in [1.807, 2.05) is 32.0 Å². The Balaban J connectivity index is 2.83. The molecule has 4 nitrogen and oxygen atoms in total. The third-order valence-corrected chi connectivity index (χ3v) is 2.82. The van der Waals surface area contributed by atoms with E-state index in [4.69, 9.17) is 10.5 Å². The van der Waals surface area contributed by atoms with Crippen LogP contribution in [0.3, 0.4) is 0 Å². The second-order valence-corrected chi connectivity index (χ2v) is 4.81. The Bertz CT molecular complexity index is 428. The first-order valence-corrected chi connectivity index (χ1v) is 6.07. The number of nitrogens with zero attached hydrogens (tertiary/aromatic N) is 1. The van der Waals surface area contributed by atoms with Crippen molar-refractivity contribution >= 4 is 5.91 Å². The molecule has 2 N–H and O–H groups in total. The van der Waals surface area contributed by atoms with Gasteiger partial charge in [-0.2, -0.15) is 0 Å². The van der Waals surface area contributed by atoms with Gasteiger partial charge in [0.2, 0.25) is 0 Å². The first kappa shape index (κ1) is 14.5. The van der Waals surface area contributed by atoms with Crippen LogP contribution in [0.15, 0.2) is 18.2 Å². The van der Waals surface area contributed by atoms with Gasteiger partial charge >= 0.3 is 0 Å². The zero-order chi connectivity index (χ0) is 13.9. The van der Waals surface area contributed by atoms with E-state index < -0.39 is 6.10 Å². The number of amides is 1. The zero-order valence-corrected chi connectivity index (χ0v) is 11.7. The minimum atomic E-state index is -0.486. The van der Waals surface area contributed by atoms with Crippen molar-refractivity contribution in [2.24, 2.45) is 5.73 Å². The maximum atomic E-state index is 11.7. The number of carbonyl (C=O) groups is 1. The summed E-state index contributed by atoms with van der Waals surface area (Å²) in [6.07, 6.45) is -0.486. The lowest BCUT2D eigenvalue weighted by molar-refractivity contribution is -0.135. The molecule has 4 heteroatoms. The third kappa shape index (κ3) is 3.47. The molecule has 0 aliphatic rings. The quantitative estimate of drug-likeness (QED) is 0.887. The molecule has 1 aromatic carbocycles. The molecule has 0 radical (unpaired) electrons. The Morgan fingerprint density at radius 2 is 1.94 bits per heavy atom. The van der Waals surface area contributed by atoms with Crippen LogP contribution in [0.25, 0.3) is 0 Å². The summed E-state index contributed by atoms with van der Waals surface area (Å²) in [5.74, 6) is 0.674. The van der Waals surface area contributed by atoms with Crippen LogP contribution < -0.4 is 10.5 Å². The normalized spacial score (nSPS) is 13.9. The molecule has 100 valence electrons. The maximum Gasteiger partial charge on any atom is 0.262 e. The van der Waals surface area contributed by atoms with Crippen LogP contribution in [0.5, 0.6) is 5.75 Å². The molecule has 0 heterocycles. The van der Waals surface area contributed by atoms with Crippen molar-refractivity contribution in [2.75, 3.05) is 14.1 Å². The molecule has 0 aliphatic heterocycles. The predicted molar refractivity (Wildman–Crippen MR) is 72.6 cm³/mol. The molecule has 18 heavy (non-hydrogen) atoms. The van der Waals surface area contributed by atoms with Gasteiger partial charge in [0, 0.05) is 20.1 Å². The van der Waals surface area contributed by atoms with E-state index >= 15 is 0 Å². The molecular formula is C14H22N2O2. The van der Waals surface area contributed by atoms with Crippen molar-refractivity contribution < 1.29 is 9.53 Å². The van der Waals surface area contributed by atoms with Crippen molar-refractivity contribution in [3.8, 4) is 5.75 Å². The lowest BCUT2D eigenvalue weighted by Crippen LogP contribution is -2.35. The highest BCUT2D eigenvalue weighted by atomic mass is 16.5. The van der Waals surface area contributed by atoms with Gasteiger partial charge in [-0.3, -0.25) is 4.79 Å². The fraction of sp³-hybridized carbons (Fsp3) is 0.500. The molecule has 1 aromatic rings. The summed E-state index contributed by atoms with van der Waals surface area (Å²) < 4.78 is 5.67. The van der Waals surface area contributed by atoms with Gasteiger partial charge in [-0.05, 0) is 38.0 Å². The summed E-state index contributed by atoms with van der Waals surface area (Å²) >= 11 is 0. The van der Waals surface area contributed by atoms with Gasteiger partial charge in [-0.15, -0.1) is 0 Å². The van der Waals surface area contributed by atoms with Crippen LogP contribution in [-0.2, 0) is 4.79 Å². The van der Waals surface area contributed by atoms with Gasteiger partial charge in [-0.1, -0.05) is 12.1 Å². The topological polar surface area (TPSA) is 55.6 Å². The first-order chi connectivity index (χ1) is 8.32. The highest BCUT2D eigenvalue weighted by Crippen LogP contribution is 2.23. The van der Waals surface area contributed by atoms with Crippen molar-refractivity contribution in [3.05, 3.63) is 29.3 Å². The summed E-state index contributed by atoms with van der Waals surface area (Å²) in [5, 5.41) is 0. The molecule has 0 saturated heterocycles. The van der Waals surface area contributed by atoms with E-state index in [2.05, 4.69) is 0 Å². The largest absolute Gasteiger partial charge is 0.481 e. The molecule has 0 saturated carbocycles. The minimum Gasteiger partial charge on any atom is -0.481 e. The van der Waals surface area contributed by atoms with Crippen LogP contribution in [0.4, 0.5) is 0 Å². The van der Waals surface area contributed by atoms with Gasteiger partial charge in [-0.25, -0.2) is 0 Å². The average Bonchev–Trinajstić information content (AvgIpc) is 2.30. The minimum absolute atomic E-state index is 0.00131. The number of hydrogen-bond donors (Lipinski definition) is 1. The van der Waals surface area contributed by atoms with Crippen molar-refractivity contribution in [1.29, 1.82) is 0 Å². The third-order valence-electron chi connectivity index (χ3n) is 2.82. The number of nitrogens with two attached hydrogens (primary N) is 1. The smallest absolute Gasteiger partial charge is 0.262 e. The number of ether oxygens (including phenoxy) is 1. The fourth-order valence-electron chi connectivity index (χ4n) is 1.69. The number of benzene rings is 1. The van der Waals surface area contributed by atoms with E-state index in [1.165, 1.54) is 4.90 Å². The summed E-state index contributed by atoms with van der Waals surface area (Å²) in [6, 6.07) is 5.79. The van der Waals surface area contributed by atoms with Gasteiger partial charge in [0.25, 0.3) is 5.91 Å². The maximum absolute atomic E-state index is 11.7. The average molecular weight is 250 g/mol.